The molecule has 0 aromatic heterocycles. The van der Waals surface area contributed by atoms with Crippen molar-refractivity contribution >= 4 is 11.8 Å². The van der Waals surface area contributed by atoms with Crippen molar-refractivity contribution in [1.82, 2.24) is 10.6 Å². The Bertz CT molecular complexity index is 375. The molecule has 5 heteroatoms. The molecule has 0 unspecified atom stereocenters. The summed E-state index contributed by atoms with van der Waals surface area (Å²) < 4.78 is 5.37. The Hall–Kier alpha value is -1.52. The van der Waals surface area contributed by atoms with Gasteiger partial charge in [-0.15, -0.1) is 0 Å². The first kappa shape index (κ1) is 15.5. The molecule has 0 spiro atoms. The maximum atomic E-state index is 12.0. The highest BCUT2D eigenvalue weighted by molar-refractivity contribution is 5.94. The minimum Gasteiger partial charge on any atom is -0.498 e. The topological polar surface area (TPSA) is 67.4 Å². The lowest BCUT2D eigenvalue weighted by molar-refractivity contribution is -0.122. The summed E-state index contributed by atoms with van der Waals surface area (Å²) >= 11 is 0. The van der Waals surface area contributed by atoms with Crippen LogP contribution in [0.4, 0.5) is 0 Å². The molecule has 5 nitrogen and oxygen atoms in total. The Morgan fingerprint density at radius 2 is 1.95 bits per heavy atom. The number of rotatable bonds is 5. The molecule has 1 atom stereocenters. The second-order valence-corrected chi connectivity index (χ2v) is 5.29. The summed E-state index contributed by atoms with van der Waals surface area (Å²) in [4.78, 5) is 23.6. The fraction of sp³-hybridized carbons (Fsp3) is 0.714. The molecular formula is C14H24N2O3. The first-order chi connectivity index (χ1) is 8.90. The second kappa shape index (κ2) is 7.16. The van der Waals surface area contributed by atoms with Crippen molar-refractivity contribution < 1.29 is 14.3 Å². The number of hydrogen-bond donors (Lipinski definition) is 2. The van der Waals surface area contributed by atoms with Crippen molar-refractivity contribution in [2.24, 2.45) is 0 Å². The van der Waals surface area contributed by atoms with Gasteiger partial charge in [0.1, 0.15) is 5.76 Å². The monoisotopic (exact) mass is 268 g/mol. The zero-order valence-corrected chi connectivity index (χ0v) is 12.2. The molecule has 0 bridgehead atoms. The summed E-state index contributed by atoms with van der Waals surface area (Å²) in [5.74, 6) is 0.526. The van der Waals surface area contributed by atoms with Gasteiger partial charge in [0.2, 0.25) is 5.91 Å². The van der Waals surface area contributed by atoms with E-state index in [1.807, 2.05) is 27.7 Å². The number of carbonyl (C=O) groups is 2. The van der Waals surface area contributed by atoms with E-state index in [2.05, 4.69) is 10.6 Å². The van der Waals surface area contributed by atoms with Gasteiger partial charge < -0.3 is 15.4 Å². The standard InChI is InChI=1S/C14H24N2O3/c1-9(2)15-13(17)8-10(3)16-14(18)12-6-5-7-19-11(12)4/h9-10H,5-8H2,1-4H3,(H,15,17)(H,16,18)/t10-/m1/s1. The van der Waals surface area contributed by atoms with Crippen LogP contribution in [0.1, 0.15) is 47.0 Å². The molecule has 108 valence electrons. The molecule has 19 heavy (non-hydrogen) atoms. The fourth-order valence-electron chi connectivity index (χ4n) is 2.03. The van der Waals surface area contributed by atoms with Gasteiger partial charge in [-0.25, -0.2) is 0 Å². The van der Waals surface area contributed by atoms with Gasteiger partial charge in [0.15, 0.2) is 0 Å². The number of allylic oxidation sites excluding steroid dienone is 1. The lowest BCUT2D eigenvalue weighted by Crippen LogP contribution is -2.40. The smallest absolute Gasteiger partial charge is 0.250 e. The average molecular weight is 268 g/mol. The van der Waals surface area contributed by atoms with Crippen molar-refractivity contribution in [1.29, 1.82) is 0 Å². The van der Waals surface area contributed by atoms with Crippen LogP contribution in [0.5, 0.6) is 0 Å². The highest BCUT2D eigenvalue weighted by atomic mass is 16.5. The predicted octanol–water partition coefficient (Wildman–Crippen LogP) is 1.49. The third kappa shape index (κ3) is 5.32. The Labute approximate surface area is 114 Å². The molecule has 0 fully saturated rings. The van der Waals surface area contributed by atoms with E-state index in [0.29, 0.717) is 17.9 Å². The number of ether oxygens (including phenoxy) is 1. The Kier molecular flexibility index (Phi) is 5.86. The Balaban J connectivity index is 2.46. The molecule has 0 aromatic carbocycles. The number of hydrogen-bond acceptors (Lipinski definition) is 3. The van der Waals surface area contributed by atoms with E-state index >= 15 is 0 Å². The van der Waals surface area contributed by atoms with E-state index in [9.17, 15) is 9.59 Å². The zero-order valence-electron chi connectivity index (χ0n) is 12.2. The van der Waals surface area contributed by atoms with Crippen molar-refractivity contribution in [2.75, 3.05) is 6.61 Å². The highest BCUT2D eigenvalue weighted by Crippen LogP contribution is 2.18. The molecule has 0 saturated heterocycles. The quantitative estimate of drug-likeness (QED) is 0.794. The van der Waals surface area contributed by atoms with Gasteiger partial charge in [0.05, 0.1) is 12.2 Å². The van der Waals surface area contributed by atoms with Gasteiger partial charge in [0, 0.05) is 18.5 Å². The van der Waals surface area contributed by atoms with Crippen LogP contribution in [0, 0.1) is 0 Å². The SMILES string of the molecule is CC1=C(C(=O)N[C@H](C)CC(=O)NC(C)C)CCCO1. The summed E-state index contributed by atoms with van der Waals surface area (Å²) in [5.41, 5.74) is 0.697. The van der Waals surface area contributed by atoms with Crippen LogP contribution in [-0.2, 0) is 14.3 Å². The van der Waals surface area contributed by atoms with E-state index in [0.717, 1.165) is 12.8 Å². The minimum atomic E-state index is -0.187. The lowest BCUT2D eigenvalue weighted by atomic mass is 10.1. The second-order valence-electron chi connectivity index (χ2n) is 5.29. The zero-order chi connectivity index (χ0) is 14.4. The van der Waals surface area contributed by atoms with E-state index in [1.54, 1.807) is 0 Å². The molecule has 2 amide bonds. The fourth-order valence-corrected chi connectivity index (χ4v) is 2.03. The van der Waals surface area contributed by atoms with Crippen LogP contribution < -0.4 is 10.6 Å². The molecule has 1 aliphatic heterocycles. The van der Waals surface area contributed by atoms with Gasteiger partial charge in [-0.05, 0) is 40.5 Å². The normalized spacial score (nSPS) is 16.9. The summed E-state index contributed by atoms with van der Waals surface area (Å²) in [5, 5.41) is 5.65. The average Bonchev–Trinajstić information content (AvgIpc) is 2.27. The molecule has 1 rings (SSSR count). The number of amides is 2. The van der Waals surface area contributed by atoms with Crippen molar-refractivity contribution in [2.45, 2.75) is 59.0 Å². The van der Waals surface area contributed by atoms with Crippen molar-refractivity contribution in [3.63, 3.8) is 0 Å². The maximum absolute atomic E-state index is 12.0. The van der Waals surface area contributed by atoms with Crippen LogP contribution in [0.3, 0.4) is 0 Å². The van der Waals surface area contributed by atoms with Gasteiger partial charge in [0.25, 0.3) is 5.91 Å². The minimum absolute atomic E-state index is 0.0478. The van der Waals surface area contributed by atoms with Crippen LogP contribution in [0.25, 0.3) is 0 Å². The third-order valence-electron chi connectivity index (χ3n) is 2.91. The van der Waals surface area contributed by atoms with Crippen molar-refractivity contribution in [3.8, 4) is 0 Å². The molecule has 0 aromatic rings. The molecule has 0 saturated carbocycles. The Morgan fingerprint density at radius 3 is 2.53 bits per heavy atom. The molecule has 0 aliphatic carbocycles. The predicted molar refractivity (Wildman–Crippen MR) is 73.4 cm³/mol. The largest absolute Gasteiger partial charge is 0.498 e. The lowest BCUT2D eigenvalue weighted by Gasteiger charge is -2.20. The van der Waals surface area contributed by atoms with E-state index < -0.39 is 0 Å². The summed E-state index contributed by atoms with van der Waals surface area (Å²) in [7, 11) is 0. The first-order valence-corrected chi connectivity index (χ1v) is 6.83. The maximum Gasteiger partial charge on any atom is 0.250 e. The molecular weight excluding hydrogens is 244 g/mol. The van der Waals surface area contributed by atoms with E-state index in [-0.39, 0.29) is 30.3 Å². The van der Waals surface area contributed by atoms with E-state index in [1.165, 1.54) is 0 Å². The van der Waals surface area contributed by atoms with Gasteiger partial charge in [-0.1, -0.05) is 0 Å². The first-order valence-electron chi connectivity index (χ1n) is 6.83. The summed E-state index contributed by atoms with van der Waals surface area (Å²) in [6, 6.07) is -0.0689. The van der Waals surface area contributed by atoms with Gasteiger partial charge >= 0.3 is 0 Å². The highest BCUT2D eigenvalue weighted by Gasteiger charge is 2.20. The molecule has 0 radical (unpaired) electrons. The molecule has 1 heterocycles. The summed E-state index contributed by atoms with van der Waals surface area (Å²) in [6.45, 7) is 8.14. The number of nitrogens with one attached hydrogen (secondary N) is 2. The van der Waals surface area contributed by atoms with Gasteiger partial charge in [-0.2, -0.15) is 0 Å². The van der Waals surface area contributed by atoms with Crippen LogP contribution in [0.2, 0.25) is 0 Å². The van der Waals surface area contributed by atoms with E-state index in [4.69, 9.17) is 4.74 Å². The Morgan fingerprint density at radius 1 is 1.26 bits per heavy atom. The van der Waals surface area contributed by atoms with Crippen LogP contribution in [-0.4, -0.2) is 30.5 Å². The third-order valence-corrected chi connectivity index (χ3v) is 2.91. The van der Waals surface area contributed by atoms with Gasteiger partial charge in [-0.3, -0.25) is 9.59 Å². The molecule has 1 aliphatic rings. The number of carbonyl (C=O) groups excluding carboxylic acids is 2. The summed E-state index contributed by atoms with van der Waals surface area (Å²) in [6.07, 6.45) is 1.89. The molecule has 2 N–H and O–H groups in total. The van der Waals surface area contributed by atoms with Crippen LogP contribution >= 0.6 is 0 Å². The van der Waals surface area contributed by atoms with Crippen molar-refractivity contribution in [3.05, 3.63) is 11.3 Å². The van der Waals surface area contributed by atoms with Crippen LogP contribution in [0.15, 0.2) is 11.3 Å².